The predicted octanol–water partition coefficient (Wildman–Crippen LogP) is 5.19. The van der Waals surface area contributed by atoms with E-state index < -0.39 is 5.92 Å². The fraction of sp³-hybridized carbons (Fsp3) is 0.400. The molecule has 1 aliphatic carbocycles. The highest BCUT2D eigenvalue weighted by Crippen LogP contribution is 2.49. The first kappa shape index (κ1) is 27.2. The van der Waals surface area contributed by atoms with Gasteiger partial charge in [0.05, 0.1) is 30.8 Å². The first-order valence-corrected chi connectivity index (χ1v) is 12.8. The summed E-state index contributed by atoms with van der Waals surface area (Å²) in [6.45, 7) is 7.23. The monoisotopic (exact) mass is 519 g/mol. The molecule has 1 atom stereocenters. The molecule has 2 aromatic carbocycles. The minimum Gasteiger partial charge on any atom is -0.490 e. The number of methoxy groups -OCH3 is 1. The lowest BCUT2D eigenvalue weighted by atomic mass is 9.68. The Labute approximate surface area is 223 Å². The summed E-state index contributed by atoms with van der Waals surface area (Å²) in [7, 11) is 1.61. The molecule has 0 bridgehead atoms. The Morgan fingerprint density at radius 1 is 1.16 bits per heavy atom. The summed E-state index contributed by atoms with van der Waals surface area (Å²) in [5, 5.41) is 10.2. The van der Waals surface area contributed by atoms with E-state index in [9.17, 15) is 14.4 Å². The number of ketones is 1. The number of carbonyl (C=O) groups is 1. The van der Waals surface area contributed by atoms with Gasteiger partial charge >= 0.3 is 0 Å². The molecule has 2 N–H and O–H groups in total. The van der Waals surface area contributed by atoms with Crippen molar-refractivity contribution in [3.63, 3.8) is 0 Å². The molecule has 2 aliphatic rings. The number of hydrogen-bond acceptors (Lipinski definition) is 7. The number of nitrogens with two attached hydrogens (primary N) is 1. The maximum absolute atomic E-state index is 14.1. The fourth-order valence-electron chi connectivity index (χ4n) is 5.21. The molecule has 38 heavy (non-hydrogen) atoms. The third-order valence-corrected chi connectivity index (χ3v) is 6.95. The third-order valence-electron chi connectivity index (χ3n) is 6.95. The van der Waals surface area contributed by atoms with Crippen molar-refractivity contribution in [2.45, 2.75) is 46.1 Å². The van der Waals surface area contributed by atoms with Crippen molar-refractivity contribution in [2.75, 3.05) is 26.9 Å². The third kappa shape index (κ3) is 5.39. The van der Waals surface area contributed by atoms with Gasteiger partial charge < -0.3 is 24.8 Å². The summed E-state index contributed by atoms with van der Waals surface area (Å²) in [4.78, 5) is 15.5. The first-order chi connectivity index (χ1) is 18.2. The number of benzene rings is 2. The SMILES string of the molecule is CCOc1cc([C@@H]2C(C#N)=C(N)N(CCOC)C3=C2C(=O)CC(C)(C)C3)ccc1OCc1ccccc1F. The molecule has 0 unspecified atom stereocenters. The van der Waals surface area contributed by atoms with Gasteiger partial charge in [0.1, 0.15) is 18.2 Å². The molecular formula is C30H34FN3O4. The summed E-state index contributed by atoms with van der Waals surface area (Å²) in [6.07, 6.45) is 1.02. The van der Waals surface area contributed by atoms with Gasteiger partial charge in [-0.2, -0.15) is 5.26 Å². The summed E-state index contributed by atoms with van der Waals surface area (Å²) >= 11 is 0. The number of nitrogens with zero attached hydrogens (tertiary/aromatic N) is 2. The van der Waals surface area contributed by atoms with Crippen molar-refractivity contribution in [3.05, 3.63) is 82.1 Å². The van der Waals surface area contributed by atoms with E-state index in [0.29, 0.717) is 72.2 Å². The second kappa shape index (κ2) is 11.3. The van der Waals surface area contributed by atoms with Crippen LogP contribution in [0.5, 0.6) is 11.5 Å². The van der Waals surface area contributed by atoms with Crippen molar-refractivity contribution in [1.82, 2.24) is 4.90 Å². The average Bonchev–Trinajstić information content (AvgIpc) is 2.87. The number of nitriles is 1. The van der Waals surface area contributed by atoms with E-state index in [0.717, 1.165) is 5.70 Å². The Balaban J connectivity index is 1.78. The molecule has 0 saturated carbocycles. The second-order valence-electron chi connectivity index (χ2n) is 10.3. The minimum atomic E-state index is -0.628. The molecule has 0 spiro atoms. The summed E-state index contributed by atoms with van der Waals surface area (Å²) in [6, 6.07) is 14.0. The van der Waals surface area contributed by atoms with Crippen LogP contribution in [0, 0.1) is 22.6 Å². The maximum Gasteiger partial charge on any atom is 0.162 e. The topological polar surface area (TPSA) is 97.8 Å². The van der Waals surface area contributed by atoms with Gasteiger partial charge in [0.25, 0.3) is 0 Å². The van der Waals surface area contributed by atoms with E-state index in [1.54, 1.807) is 37.4 Å². The van der Waals surface area contributed by atoms with Crippen LogP contribution in [0.4, 0.5) is 4.39 Å². The number of rotatable bonds is 9. The molecule has 0 aromatic heterocycles. The maximum atomic E-state index is 14.1. The van der Waals surface area contributed by atoms with Crippen LogP contribution in [0.3, 0.4) is 0 Å². The Morgan fingerprint density at radius 3 is 2.61 bits per heavy atom. The number of ether oxygens (including phenoxy) is 3. The van der Waals surface area contributed by atoms with E-state index in [-0.39, 0.29) is 23.6 Å². The fourth-order valence-corrected chi connectivity index (χ4v) is 5.21. The molecule has 2 aromatic rings. The lowest BCUT2D eigenvalue weighted by Gasteiger charge is -2.43. The van der Waals surface area contributed by atoms with Crippen molar-refractivity contribution < 1.29 is 23.4 Å². The number of hydrogen-bond donors (Lipinski definition) is 1. The van der Waals surface area contributed by atoms with E-state index in [2.05, 4.69) is 19.9 Å². The smallest absolute Gasteiger partial charge is 0.162 e. The van der Waals surface area contributed by atoms with Crippen molar-refractivity contribution in [3.8, 4) is 17.6 Å². The normalized spacial score (nSPS) is 18.8. The molecule has 0 saturated heterocycles. The number of carbonyl (C=O) groups excluding carboxylic acids is 1. The predicted molar refractivity (Wildman–Crippen MR) is 142 cm³/mol. The van der Waals surface area contributed by atoms with Crippen molar-refractivity contribution in [1.29, 1.82) is 5.26 Å². The Kier molecular flexibility index (Phi) is 8.08. The molecule has 200 valence electrons. The van der Waals surface area contributed by atoms with E-state index >= 15 is 0 Å². The Morgan fingerprint density at radius 2 is 1.92 bits per heavy atom. The quantitative estimate of drug-likeness (QED) is 0.487. The molecule has 0 radical (unpaired) electrons. The second-order valence-corrected chi connectivity index (χ2v) is 10.3. The van der Waals surface area contributed by atoms with Crippen LogP contribution in [-0.4, -0.2) is 37.6 Å². The minimum absolute atomic E-state index is 0.00163. The Bertz CT molecular complexity index is 1330. The summed E-state index contributed by atoms with van der Waals surface area (Å²) in [5.74, 6) is 0.248. The van der Waals surface area contributed by atoms with Gasteiger partial charge in [-0.05, 0) is 42.5 Å². The van der Waals surface area contributed by atoms with Crippen LogP contribution in [-0.2, 0) is 16.1 Å². The number of allylic oxidation sites excluding steroid dienone is 3. The van der Waals surface area contributed by atoms with Crippen LogP contribution >= 0.6 is 0 Å². The molecule has 0 fully saturated rings. The van der Waals surface area contributed by atoms with Gasteiger partial charge in [0.15, 0.2) is 17.3 Å². The van der Waals surface area contributed by atoms with Crippen molar-refractivity contribution in [2.24, 2.45) is 11.1 Å². The van der Waals surface area contributed by atoms with Gasteiger partial charge in [-0.3, -0.25) is 4.79 Å². The van der Waals surface area contributed by atoms with Crippen LogP contribution in [0.25, 0.3) is 0 Å². The molecule has 8 heteroatoms. The van der Waals surface area contributed by atoms with Gasteiger partial charge in [0, 0.05) is 36.9 Å². The first-order valence-electron chi connectivity index (χ1n) is 12.8. The zero-order valence-corrected chi connectivity index (χ0v) is 22.3. The Hall–Kier alpha value is -3.83. The van der Waals surface area contributed by atoms with Crippen molar-refractivity contribution >= 4 is 5.78 Å². The zero-order valence-electron chi connectivity index (χ0n) is 22.3. The summed E-state index contributed by atoms with van der Waals surface area (Å²) < 4.78 is 31.2. The van der Waals surface area contributed by atoms with Gasteiger partial charge in [-0.25, -0.2) is 4.39 Å². The zero-order chi connectivity index (χ0) is 27.4. The van der Waals surface area contributed by atoms with Crippen LogP contribution < -0.4 is 15.2 Å². The molecular weight excluding hydrogens is 485 g/mol. The lowest BCUT2D eigenvalue weighted by molar-refractivity contribution is -0.118. The highest BCUT2D eigenvalue weighted by molar-refractivity contribution is 6.00. The largest absolute Gasteiger partial charge is 0.490 e. The van der Waals surface area contributed by atoms with Gasteiger partial charge in [-0.1, -0.05) is 38.1 Å². The molecule has 7 nitrogen and oxygen atoms in total. The van der Waals surface area contributed by atoms with E-state index in [1.165, 1.54) is 6.07 Å². The van der Waals surface area contributed by atoms with Crippen LogP contribution in [0.2, 0.25) is 0 Å². The average molecular weight is 520 g/mol. The van der Waals surface area contributed by atoms with Gasteiger partial charge in [-0.15, -0.1) is 0 Å². The van der Waals surface area contributed by atoms with Crippen LogP contribution in [0.1, 0.15) is 50.7 Å². The molecule has 0 amide bonds. The van der Waals surface area contributed by atoms with Crippen LogP contribution in [0.15, 0.2) is 65.1 Å². The van der Waals surface area contributed by atoms with E-state index in [1.807, 2.05) is 17.9 Å². The molecule has 1 aliphatic heterocycles. The summed E-state index contributed by atoms with van der Waals surface area (Å²) in [5.41, 5.74) is 9.22. The highest BCUT2D eigenvalue weighted by atomic mass is 19.1. The number of halogens is 1. The van der Waals surface area contributed by atoms with E-state index in [4.69, 9.17) is 19.9 Å². The molecule has 4 rings (SSSR count). The number of Topliss-reactive ketones (excluding diaryl/α,β-unsaturated/α-hetero) is 1. The highest BCUT2D eigenvalue weighted by Gasteiger charge is 2.44. The lowest BCUT2D eigenvalue weighted by Crippen LogP contribution is -2.43. The standard InChI is InChI=1S/C30H34FN3O4/c1-5-37-26-14-19(10-11-25(26)38-18-20-8-6-7-9-22(20)31)27-21(17-32)29(33)34(12-13-36-4)23-15-30(2,3)16-24(35)28(23)27/h6-11,14,27H,5,12-13,15-16,18,33H2,1-4H3/t27-/m1/s1. The molecule has 1 heterocycles. The van der Waals surface area contributed by atoms with Gasteiger partial charge in [0.2, 0.25) is 0 Å².